The quantitative estimate of drug-likeness (QED) is 0.626. The highest BCUT2D eigenvalue weighted by molar-refractivity contribution is 6.19. The van der Waals surface area contributed by atoms with Gasteiger partial charge in [0.15, 0.2) is 0 Å². The van der Waals surface area contributed by atoms with Gasteiger partial charge in [0, 0.05) is 37.4 Å². The molecule has 3 rings (SSSR count). The second kappa shape index (κ2) is 7.01. The minimum Gasteiger partial charge on any atom is -0.320 e. The zero-order valence-electron chi connectivity index (χ0n) is 14.3. The summed E-state index contributed by atoms with van der Waals surface area (Å²) in [5.41, 5.74) is 1.78. The number of likely N-dealkylation sites (tertiary alicyclic amines) is 1. The maximum atomic E-state index is 12.2. The molecule has 0 radical (unpaired) electrons. The Kier molecular flexibility index (Phi) is 5.39. The van der Waals surface area contributed by atoms with Gasteiger partial charge in [0.2, 0.25) is 5.91 Å². The summed E-state index contributed by atoms with van der Waals surface area (Å²) in [6.07, 6.45) is -1.24. The Balaban J connectivity index is 0.000000181. The largest absolute Gasteiger partial charge is 0.392 e. The number of halogens is 3. The van der Waals surface area contributed by atoms with Crippen LogP contribution in [0.4, 0.5) is 13.2 Å². The Morgan fingerprint density at radius 2 is 1.40 bits per heavy atom. The molecule has 0 bridgehead atoms. The van der Waals surface area contributed by atoms with Gasteiger partial charge in [-0.25, -0.2) is 0 Å². The molecule has 1 atom stereocenters. The molecule has 2 heterocycles. The molecule has 1 aliphatic carbocycles. The fourth-order valence-electron chi connectivity index (χ4n) is 3.12. The summed E-state index contributed by atoms with van der Waals surface area (Å²) < 4.78 is 36.6. The molecular formula is C17H21F3N2O3. The highest BCUT2D eigenvalue weighted by Gasteiger charge is 2.44. The van der Waals surface area contributed by atoms with Crippen LogP contribution in [-0.2, 0) is 14.4 Å². The first-order valence-electron chi connectivity index (χ1n) is 8.09. The first-order valence-corrected chi connectivity index (χ1v) is 8.09. The lowest BCUT2D eigenvalue weighted by Gasteiger charge is -2.31. The third-order valence-electron chi connectivity index (χ3n) is 4.81. The van der Waals surface area contributed by atoms with Gasteiger partial charge in [-0.15, -0.1) is 0 Å². The van der Waals surface area contributed by atoms with E-state index in [2.05, 4.69) is 6.58 Å². The number of likely N-dealkylation sites (N-methyl/N-ethyl adjacent to an activating group) is 1. The highest BCUT2D eigenvalue weighted by Crippen LogP contribution is 2.37. The molecule has 0 aromatic rings. The van der Waals surface area contributed by atoms with Crippen LogP contribution in [-0.4, -0.2) is 47.8 Å². The van der Waals surface area contributed by atoms with Crippen LogP contribution in [0.15, 0.2) is 23.4 Å². The van der Waals surface area contributed by atoms with Crippen molar-refractivity contribution in [2.75, 3.05) is 14.1 Å². The molecule has 3 amide bonds. The average Bonchev–Trinajstić information content (AvgIpc) is 2.77. The predicted molar refractivity (Wildman–Crippen MR) is 84.0 cm³/mol. The number of amides is 3. The van der Waals surface area contributed by atoms with Gasteiger partial charge >= 0.3 is 6.18 Å². The number of hydrogen-bond donors (Lipinski definition) is 0. The summed E-state index contributed by atoms with van der Waals surface area (Å²) in [5, 5.41) is 0. The molecule has 8 heteroatoms. The number of carbonyl (C=O) groups excluding carboxylic acids is 3. The second-order valence-electron chi connectivity index (χ2n) is 6.50. The maximum Gasteiger partial charge on any atom is 0.392 e. The molecular weight excluding hydrogens is 337 g/mol. The van der Waals surface area contributed by atoms with E-state index >= 15 is 0 Å². The van der Waals surface area contributed by atoms with Gasteiger partial charge < -0.3 is 4.90 Å². The van der Waals surface area contributed by atoms with Crippen LogP contribution in [0.5, 0.6) is 0 Å². The van der Waals surface area contributed by atoms with E-state index in [4.69, 9.17) is 0 Å². The van der Waals surface area contributed by atoms with Crippen molar-refractivity contribution in [1.29, 1.82) is 0 Å². The number of rotatable bonds is 0. The number of nitrogens with zero attached hydrogens (tertiary/aromatic N) is 2. The lowest BCUT2D eigenvalue weighted by molar-refractivity contribution is -0.185. The Hall–Kier alpha value is -2.12. The van der Waals surface area contributed by atoms with Crippen molar-refractivity contribution >= 4 is 17.7 Å². The average molecular weight is 358 g/mol. The Morgan fingerprint density at radius 3 is 1.80 bits per heavy atom. The van der Waals surface area contributed by atoms with Crippen molar-refractivity contribution in [3.63, 3.8) is 0 Å². The summed E-state index contributed by atoms with van der Waals surface area (Å²) in [7, 11) is 3.00. The van der Waals surface area contributed by atoms with Gasteiger partial charge in [-0.1, -0.05) is 6.58 Å². The molecule has 138 valence electrons. The first-order chi connectivity index (χ1) is 11.5. The molecule has 3 aliphatic rings. The Labute approximate surface area is 144 Å². The van der Waals surface area contributed by atoms with Gasteiger partial charge in [-0.3, -0.25) is 19.3 Å². The maximum absolute atomic E-state index is 12.2. The zero-order chi connectivity index (χ0) is 18.9. The van der Waals surface area contributed by atoms with Crippen LogP contribution in [0.3, 0.4) is 0 Å². The first kappa shape index (κ1) is 19.2. The third-order valence-corrected chi connectivity index (χ3v) is 4.81. The smallest absolute Gasteiger partial charge is 0.320 e. The summed E-state index contributed by atoms with van der Waals surface area (Å²) in [5.74, 6) is -2.22. The summed E-state index contributed by atoms with van der Waals surface area (Å²) in [6.45, 7) is 3.41. The molecule has 1 saturated heterocycles. The van der Waals surface area contributed by atoms with Crippen molar-refractivity contribution in [2.24, 2.45) is 5.92 Å². The third kappa shape index (κ3) is 3.93. The van der Waals surface area contributed by atoms with Gasteiger partial charge in [0.25, 0.3) is 11.8 Å². The fourth-order valence-corrected chi connectivity index (χ4v) is 3.12. The van der Waals surface area contributed by atoms with Crippen molar-refractivity contribution in [3.05, 3.63) is 23.4 Å². The van der Waals surface area contributed by atoms with E-state index < -0.39 is 24.4 Å². The van der Waals surface area contributed by atoms with E-state index in [0.717, 1.165) is 36.8 Å². The predicted octanol–water partition coefficient (Wildman–Crippen LogP) is 2.79. The standard InChI is InChI=1S/C9H11NO2.C8H10F3NO/c1-10-8(11)6-4-2-3-5-7(6)9(10)12;1-5-3-6(8(9,10)11)4-7(13)12(5)2/h2-5H2,1H3;6H,1,3-4H2,2H3. The molecule has 0 aromatic carbocycles. The van der Waals surface area contributed by atoms with E-state index in [1.54, 1.807) is 7.05 Å². The van der Waals surface area contributed by atoms with E-state index in [0.29, 0.717) is 0 Å². The Morgan fingerprint density at radius 1 is 0.920 bits per heavy atom. The molecule has 1 unspecified atom stereocenters. The van der Waals surface area contributed by atoms with Crippen LogP contribution in [0.25, 0.3) is 0 Å². The monoisotopic (exact) mass is 358 g/mol. The van der Waals surface area contributed by atoms with Gasteiger partial charge in [-0.2, -0.15) is 13.2 Å². The molecule has 25 heavy (non-hydrogen) atoms. The number of alkyl halides is 3. The fraction of sp³-hybridized carbons (Fsp3) is 0.588. The molecule has 0 N–H and O–H groups in total. The number of allylic oxidation sites excluding steroid dienone is 1. The van der Waals surface area contributed by atoms with Crippen LogP contribution in [0.2, 0.25) is 0 Å². The summed E-state index contributed by atoms with van der Waals surface area (Å²) in [4.78, 5) is 36.2. The number of piperidine rings is 1. The molecule has 1 fully saturated rings. The van der Waals surface area contributed by atoms with Gasteiger partial charge in [-0.05, 0) is 32.1 Å². The summed E-state index contributed by atoms with van der Waals surface area (Å²) in [6, 6.07) is 0. The number of hydrogen-bond acceptors (Lipinski definition) is 3. The highest BCUT2D eigenvalue weighted by atomic mass is 19.4. The molecule has 0 aromatic heterocycles. The molecule has 0 spiro atoms. The van der Waals surface area contributed by atoms with Crippen LogP contribution in [0, 0.1) is 5.92 Å². The van der Waals surface area contributed by atoms with E-state index in [-0.39, 0.29) is 23.9 Å². The van der Waals surface area contributed by atoms with E-state index in [9.17, 15) is 27.6 Å². The SMILES string of the molecule is C=C1CC(C(F)(F)F)CC(=O)N1C.CN1C(=O)C2=C(CCCC2)C1=O. The van der Waals surface area contributed by atoms with Crippen molar-refractivity contribution in [3.8, 4) is 0 Å². The number of carbonyl (C=O) groups is 3. The molecule has 2 aliphatic heterocycles. The van der Waals surface area contributed by atoms with Crippen LogP contribution < -0.4 is 0 Å². The Bertz CT molecular complexity index is 606. The molecule has 0 saturated carbocycles. The minimum atomic E-state index is -4.29. The van der Waals surface area contributed by atoms with E-state index in [1.807, 2.05) is 0 Å². The minimum absolute atomic E-state index is 0.0744. The number of imide groups is 1. The van der Waals surface area contributed by atoms with E-state index in [1.165, 1.54) is 16.8 Å². The lowest BCUT2D eigenvalue weighted by Crippen LogP contribution is -2.39. The van der Waals surface area contributed by atoms with Crippen LogP contribution in [0.1, 0.15) is 38.5 Å². The van der Waals surface area contributed by atoms with Crippen molar-refractivity contribution in [1.82, 2.24) is 9.80 Å². The lowest BCUT2D eigenvalue weighted by atomic mass is 9.93. The van der Waals surface area contributed by atoms with Gasteiger partial charge in [0.1, 0.15) is 0 Å². The van der Waals surface area contributed by atoms with Gasteiger partial charge in [0.05, 0.1) is 5.92 Å². The topological polar surface area (TPSA) is 57.7 Å². The normalized spacial score (nSPS) is 24.4. The molecule has 5 nitrogen and oxygen atoms in total. The van der Waals surface area contributed by atoms with Crippen LogP contribution >= 0.6 is 0 Å². The van der Waals surface area contributed by atoms with Crippen molar-refractivity contribution < 1.29 is 27.6 Å². The van der Waals surface area contributed by atoms with Crippen molar-refractivity contribution in [2.45, 2.75) is 44.7 Å². The second-order valence-corrected chi connectivity index (χ2v) is 6.50. The zero-order valence-corrected chi connectivity index (χ0v) is 14.3. The summed E-state index contributed by atoms with van der Waals surface area (Å²) >= 11 is 0.